The molecule has 0 radical (unpaired) electrons. The Morgan fingerprint density at radius 2 is 2.33 bits per heavy atom. The van der Waals surface area contributed by atoms with Crippen molar-refractivity contribution in [2.24, 2.45) is 0 Å². The second-order valence-electron chi connectivity index (χ2n) is 3.84. The van der Waals surface area contributed by atoms with Crippen molar-refractivity contribution in [2.45, 2.75) is 26.3 Å². The van der Waals surface area contributed by atoms with E-state index in [-0.39, 0.29) is 12.6 Å². The van der Waals surface area contributed by atoms with E-state index >= 15 is 0 Å². The second kappa shape index (κ2) is 5.88. The molecule has 0 spiro atoms. The van der Waals surface area contributed by atoms with Crippen molar-refractivity contribution in [3.05, 3.63) is 22.4 Å². The van der Waals surface area contributed by atoms with Crippen molar-refractivity contribution >= 4 is 17.3 Å². The third-order valence-corrected chi connectivity index (χ3v) is 3.07. The van der Waals surface area contributed by atoms with Crippen molar-refractivity contribution in [1.29, 1.82) is 0 Å². The van der Waals surface area contributed by atoms with Crippen LogP contribution in [0.1, 0.15) is 19.4 Å². The summed E-state index contributed by atoms with van der Waals surface area (Å²) in [6, 6.07) is 2.36. The van der Waals surface area contributed by atoms with Crippen molar-refractivity contribution in [2.75, 3.05) is 13.1 Å². The van der Waals surface area contributed by atoms with Crippen molar-refractivity contribution in [1.82, 2.24) is 4.90 Å². The molecule has 0 aromatic carbocycles. The van der Waals surface area contributed by atoms with Crippen molar-refractivity contribution < 1.29 is 9.90 Å². The molecular weight excluding hydrogens is 210 g/mol. The molecule has 1 aromatic heterocycles. The molecule has 0 bridgehead atoms. The molecule has 1 rings (SSSR count). The smallest absolute Gasteiger partial charge is 0.317 e. The van der Waals surface area contributed by atoms with Gasteiger partial charge in [-0.15, -0.1) is 0 Å². The number of rotatable bonds is 6. The molecule has 0 saturated heterocycles. The third-order valence-electron chi connectivity index (χ3n) is 2.34. The molecule has 1 heterocycles. The molecule has 1 aromatic rings. The Morgan fingerprint density at radius 1 is 1.60 bits per heavy atom. The van der Waals surface area contributed by atoms with Gasteiger partial charge in [-0.1, -0.05) is 0 Å². The Balaban J connectivity index is 2.41. The Hall–Kier alpha value is -0.870. The van der Waals surface area contributed by atoms with E-state index in [0.29, 0.717) is 0 Å². The Labute approximate surface area is 94.3 Å². The van der Waals surface area contributed by atoms with E-state index in [4.69, 9.17) is 5.11 Å². The van der Waals surface area contributed by atoms with Gasteiger partial charge in [0, 0.05) is 12.6 Å². The maximum Gasteiger partial charge on any atom is 0.317 e. The second-order valence-corrected chi connectivity index (χ2v) is 4.62. The summed E-state index contributed by atoms with van der Waals surface area (Å²) >= 11 is 1.68. The van der Waals surface area contributed by atoms with Crippen LogP contribution in [-0.2, 0) is 11.2 Å². The first kappa shape index (κ1) is 12.2. The number of carboxylic acid groups (broad SMARTS) is 1. The zero-order valence-electron chi connectivity index (χ0n) is 9.14. The Bertz CT molecular complexity index is 296. The zero-order chi connectivity index (χ0) is 11.3. The highest BCUT2D eigenvalue weighted by molar-refractivity contribution is 7.07. The van der Waals surface area contributed by atoms with Crippen molar-refractivity contribution in [3.8, 4) is 0 Å². The number of aliphatic carboxylic acids is 1. The van der Waals surface area contributed by atoms with Crippen LogP contribution in [0.25, 0.3) is 0 Å². The highest BCUT2D eigenvalue weighted by Crippen LogP contribution is 2.08. The number of thiophene rings is 1. The quantitative estimate of drug-likeness (QED) is 0.809. The minimum atomic E-state index is -0.756. The average molecular weight is 227 g/mol. The number of hydrogen-bond donors (Lipinski definition) is 1. The third kappa shape index (κ3) is 4.44. The molecular formula is C11H17NO2S. The van der Waals surface area contributed by atoms with E-state index in [0.717, 1.165) is 13.0 Å². The molecule has 0 saturated carbocycles. The highest BCUT2D eigenvalue weighted by Gasteiger charge is 2.12. The summed E-state index contributed by atoms with van der Waals surface area (Å²) < 4.78 is 0. The van der Waals surface area contributed by atoms with Gasteiger partial charge in [0.2, 0.25) is 0 Å². The van der Waals surface area contributed by atoms with Crippen LogP contribution in [0.5, 0.6) is 0 Å². The van der Waals surface area contributed by atoms with E-state index in [9.17, 15) is 4.79 Å². The molecule has 0 atom stereocenters. The summed E-state index contributed by atoms with van der Waals surface area (Å²) in [5, 5.41) is 12.9. The van der Waals surface area contributed by atoms with Crippen LogP contribution in [0.2, 0.25) is 0 Å². The van der Waals surface area contributed by atoms with E-state index in [1.807, 2.05) is 24.1 Å². The van der Waals surface area contributed by atoms with Crippen LogP contribution < -0.4 is 0 Å². The molecule has 1 N–H and O–H groups in total. The number of carbonyl (C=O) groups is 1. The van der Waals surface area contributed by atoms with Crippen LogP contribution in [-0.4, -0.2) is 35.1 Å². The largest absolute Gasteiger partial charge is 0.480 e. The van der Waals surface area contributed by atoms with Gasteiger partial charge in [-0.2, -0.15) is 11.3 Å². The van der Waals surface area contributed by atoms with Gasteiger partial charge in [-0.3, -0.25) is 9.69 Å². The van der Waals surface area contributed by atoms with Gasteiger partial charge in [-0.25, -0.2) is 0 Å². The number of carboxylic acids is 1. The lowest BCUT2D eigenvalue weighted by molar-refractivity contribution is -0.138. The Morgan fingerprint density at radius 3 is 2.80 bits per heavy atom. The molecule has 0 fully saturated rings. The molecule has 4 heteroatoms. The average Bonchev–Trinajstić information content (AvgIpc) is 2.63. The Kier molecular flexibility index (Phi) is 4.78. The van der Waals surface area contributed by atoms with Gasteiger partial charge in [-0.05, 0) is 42.7 Å². The standard InChI is InChI=1S/C11H17NO2S/c1-9(2)12(7-11(13)14)5-3-10-4-6-15-8-10/h4,6,8-9H,3,5,7H2,1-2H3,(H,13,14). The normalized spacial score (nSPS) is 11.2. The summed E-state index contributed by atoms with van der Waals surface area (Å²) in [6.07, 6.45) is 0.926. The van der Waals surface area contributed by atoms with E-state index in [1.165, 1.54) is 5.56 Å². The molecule has 84 valence electrons. The van der Waals surface area contributed by atoms with Crippen LogP contribution >= 0.6 is 11.3 Å². The van der Waals surface area contributed by atoms with Gasteiger partial charge in [0.05, 0.1) is 6.54 Å². The van der Waals surface area contributed by atoms with Gasteiger partial charge in [0.15, 0.2) is 0 Å². The maximum atomic E-state index is 10.6. The highest BCUT2D eigenvalue weighted by atomic mass is 32.1. The predicted molar refractivity (Wildman–Crippen MR) is 62.4 cm³/mol. The molecule has 15 heavy (non-hydrogen) atoms. The summed E-state index contributed by atoms with van der Waals surface area (Å²) in [5.74, 6) is -0.756. The first-order valence-electron chi connectivity index (χ1n) is 5.06. The molecule has 3 nitrogen and oxygen atoms in total. The van der Waals surface area contributed by atoms with Crippen LogP contribution in [0.4, 0.5) is 0 Å². The minimum absolute atomic E-state index is 0.127. The summed E-state index contributed by atoms with van der Waals surface area (Å²) in [7, 11) is 0. The topological polar surface area (TPSA) is 40.5 Å². The summed E-state index contributed by atoms with van der Waals surface area (Å²) in [5.41, 5.74) is 1.29. The van der Waals surface area contributed by atoms with E-state index < -0.39 is 5.97 Å². The molecule has 0 amide bonds. The number of hydrogen-bond acceptors (Lipinski definition) is 3. The fourth-order valence-corrected chi connectivity index (χ4v) is 2.10. The van der Waals surface area contributed by atoms with Gasteiger partial charge in [0.25, 0.3) is 0 Å². The van der Waals surface area contributed by atoms with E-state index in [1.54, 1.807) is 11.3 Å². The SMILES string of the molecule is CC(C)N(CCc1ccsc1)CC(=O)O. The first-order valence-corrected chi connectivity index (χ1v) is 6.01. The molecule has 0 aliphatic heterocycles. The lowest BCUT2D eigenvalue weighted by Gasteiger charge is -2.24. The van der Waals surface area contributed by atoms with Crippen LogP contribution in [0.3, 0.4) is 0 Å². The van der Waals surface area contributed by atoms with Gasteiger partial charge in [0.1, 0.15) is 0 Å². The summed E-state index contributed by atoms with van der Waals surface area (Å²) in [6.45, 7) is 4.98. The molecule has 0 unspecified atom stereocenters. The van der Waals surface area contributed by atoms with E-state index in [2.05, 4.69) is 11.4 Å². The van der Waals surface area contributed by atoms with Crippen molar-refractivity contribution in [3.63, 3.8) is 0 Å². The minimum Gasteiger partial charge on any atom is -0.480 e. The van der Waals surface area contributed by atoms with Gasteiger partial charge >= 0.3 is 5.97 Å². The lowest BCUT2D eigenvalue weighted by atomic mass is 10.2. The summed E-state index contributed by atoms with van der Waals surface area (Å²) in [4.78, 5) is 12.6. The zero-order valence-corrected chi connectivity index (χ0v) is 9.96. The maximum absolute atomic E-state index is 10.6. The predicted octanol–water partition coefficient (Wildman–Crippen LogP) is 2.09. The lowest BCUT2D eigenvalue weighted by Crippen LogP contribution is -2.37. The fraction of sp³-hybridized carbons (Fsp3) is 0.545. The van der Waals surface area contributed by atoms with Gasteiger partial charge < -0.3 is 5.11 Å². The first-order chi connectivity index (χ1) is 7.09. The van der Waals surface area contributed by atoms with Crippen LogP contribution in [0, 0.1) is 0 Å². The fourth-order valence-electron chi connectivity index (χ4n) is 1.40. The molecule has 0 aliphatic rings. The number of nitrogens with zero attached hydrogens (tertiary/aromatic N) is 1. The monoisotopic (exact) mass is 227 g/mol. The van der Waals surface area contributed by atoms with Crippen LogP contribution in [0.15, 0.2) is 16.8 Å². The molecule has 0 aliphatic carbocycles.